The van der Waals surface area contributed by atoms with E-state index in [4.69, 9.17) is 0 Å². The summed E-state index contributed by atoms with van der Waals surface area (Å²) in [6, 6.07) is 71.1. The second-order valence-corrected chi connectivity index (χ2v) is 33.0. The Kier molecular flexibility index (Phi) is 16.7. The molecule has 0 aliphatic carbocycles. The lowest BCUT2D eigenvalue weighted by Crippen LogP contribution is -2.19. The van der Waals surface area contributed by atoms with Crippen LogP contribution in [0.25, 0.3) is 89.0 Å². The average Bonchev–Trinajstić information content (AvgIpc) is 0.860. The van der Waals surface area contributed by atoms with E-state index < -0.39 is 0 Å². The number of rotatable bonds is 8. The Morgan fingerprint density at radius 3 is 0.395 bits per heavy atom. The van der Waals surface area contributed by atoms with Gasteiger partial charge >= 0.3 is 0 Å². The maximum absolute atomic E-state index is 2.64. The monoisotopic (exact) mass is 1130 g/mol. The summed E-state index contributed by atoms with van der Waals surface area (Å²) in [6.07, 6.45) is 0. The molecule has 0 bridgehead atoms. The van der Waals surface area contributed by atoms with E-state index in [2.05, 4.69) is 348 Å². The molecule has 0 saturated carbocycles. The highest BCUT2D eigenvalue weighted by molar-refractivity contribution is 6.06. The van der Waals surface area contributed by atoms with Crippen LogP contribution in [0.5, 0.6) is 0 Å². The van der Waals surface area contributed by atoms with E-state index >= 15 is 0 Å². The summed E-state index contributed by atoms with van der Waals surface area (Å²) in [7, 11) is 0. The first-order valence-corrected chi connectivity index (χ1v) is 31.9. The van der Waals surface area contributed by atoms with Crippen LogP contribution in [-0.2, 0) is 43.3 Å². The fraction of sp³-hybridized carbons (Fsp3) is 0.372. The first-order valence-electron chi connectivity index (χ1n) is 31.9. The van der Waals surface area contributed by atoms with Crippen LogP contribution in [-0.4, -0.2) is 0 Å². The Balaban J connectivity index is 1.60. The smallest absolute Gasteiger partial charge is 0.00923 e. The summed E-state index contributed by atoms with van der Waals surface area (Å²) in [5.74, 6) is 0. The Morgan fingerprint density at radius 2 is 0.267 bits per heavy atom. The lowest BCUT2D eigenvalue weighted by Gasteiger charge is -2.33. The molecule has 9 aromatic carbocycles. The zero-order chi connectivity index (χ0) is 63.1. The van der Waals surface area contributed by atoms with Crippen LogP contribution in [0, 0.1) is 0 Å². The summed E-state index contributed by atoms with van der Waals surface area (Å²) in [5, 5.41) is 0. The summed E-state index contributed by atoms with van der Waals surface area (Å²) in [5.41, 5.74) is 29.7. The third-order valence-corrected chi connectivity index (χ3v) is 17.8. The molecular formula is C86H102. The molecule has 0 atom stereocenters. The van der Waals surface area contributed by atoms with Crippen molar-refractivity contribution in [3.63, 3.8) is 0 Å². The average molecular weight is 1140 g/mol. The van der Waals surface area contributed by atoms with Crippen molar-refractivity contribution in [2.24, 2.45) is 0 Å². The molecule has 86 heavy (non-hydrogen) atoms. The maximum atomic E-state index is 2.64. The third-order valence-electron chi connectivity index (χ3n) is 17.8. The Hall–Kier alpha value is -7.02. The number of hydrogen-bond donors (Lipinski definition) is 0. The lowest BCUT2D eigenvalue weighted by molar-refractivity contribution is 0.571. The normalized spacial score (nSPS) is 13.1. The second kappa shape index (κ2) is 22.6. The van der Waals surface area contributed by atoms with E-state index in [0.29, 0.717) is 0 Å². The van der Waals surface area contributed by atoms with Crippen LogP contribution in [0.4, 0.5) is 0 Å². The molecule has 446 valence electrons. The molecule has 0 N–H and O–H groups in total. The van der Waals surface area contributed by atoms with Gasteiger partial charge in [0.2, 0.25) is 0 Å². The van der Waals surface area contributed by atoms with Gasteiger partial charge in [0.25, 0.3) is 0 Å². The molecule has 0 saturated heterocycles. The Bertz CT molecular complexity index is 3330. The molecule has 0 radical (unpaired) electrons. The zero-order valence-electron chi connectivity index (χ0n) is 57.3. The highest BCUT2D eigenvalue weighted by atomic mass is 14.4. The van der Waals surface area contributed by atoms with Gasteiger partial charge in [-0.25, -0.2) is 0 Å². The van der Waals surface area contributed by atoms with Crippen molar-refractivity contribution in [2.45, 2.75) is 209 Å². The molecule has 0 aliphatic heterocycles. The van der Waals surface area contributed by atoms with E-state index in [9.17, 15) is 0 Å². The van der Waals surface area contributed by atoms with Gasteiger partial charge in [-0.2, -0.15) is 0 Å². The summed E-state index contributed by atoms with van der Waals surface area (Å²) >= 11 is 0. The second-order valence-electron chi connectivity index (χ2n) is 33.0. The van der Waals surface area contributed by atoms with Gasteiger partial charge in [0, 0.05) is 0 Å². The van der Waals surface area contributed by atoms with Crippen LogP contribution >= 0.6 is 0 Å². The van der Waals surface area contributed by atoms with E-state index in [-0.39, 0.29) is 43.3 Å². The van der Waals surface area contributed by atoms with Crippen molar-refractivity contribution >= 4 is 0 Å². The van der Waals surface area contributed by atoms with E-state index in [1.807, 2.05) is 0 Å². The number of benzene rings is 9. The van der Waals surface area contributed by atoms with E-state index in [0.717, 1.165) is 0 Å². The van der Waals surface area contributed by atoms with Gasteiger partial charge in [-0.3, -0.25) is 0 Å². The molecule has 0 aliphatic rings. The van der Waals surface area contributed by atoms with Gasteiger partial charge in [-0.15, -0.1) is 0 Å². The molecular weight excluding hydrogens is 1030 g/mol. The minimum atomic E-state index is -0.142. The molecule has 0 heteroatoms. The standard InChI is InChI=1S/C86H102/c1-79(2,3)67-45-33-46-68(80(4,5)6)75(67)59-41-29-25-37-55(59)63-53-65(57-39-27-31-43-61(57)77-71(83(13,14)15)49-35-50-72(77)84(16,17)18)66(58-40-28-32-44-62(58)78-73(85(19,20)21)51-36-52-74(78)86(22,23)24)54-64(63)56-38-26-30-42-60(56)76-69(81(7,8)9)47-34-48-70(76)82(10,11)12/h25-54H,1-24H3. The summed E-state index contributed by atoms with van der Waals surface area (Å²) in [6.45, 7) is 57.2. The largest absolute Gasteiger partial charge is 0.0616 e. The van der Waals surface area contributed by atoms with Gasteiger partial charge in [-0.1, -0.05) is 336 Å². The first-order chi connectivity index (χ1) is 39.8. The summed E-state index contributed by atoms with van der Waals surface area (Å²) in [4.78, 5) is 0. The van der Waals surface area contributed by atoms with Crippen molar-refractivity contribution in [1.29, 1.82) is 0 Å². The summed E-state index contributed by atoms with van der Waals surface area (Å²) < 4.78 is 0. The molecule has 9 aromatic rings. The van der Waals surface area contributed by atoms with Crippen molar-refractivity contribution in [2.75, 3.05) is 0 Å². The zero-order valence-corrected chi connectivity index (χ0v) is 57.3. The SMILES string of the molecule is CC(C)(C)c1cccc(C(C)(C)C)c1-c1ccccc1-c1cc(-c2ccccc2-c2c(C(C)(C)C)cccc2C(C)(C)C)c(-c2ccccc2-c2c(C(C)(C)C)cccc2C(C)(C)C)cc1-c1ccccc1-c1c(C(C)(C)C)cccc1C(C)(C)C. The third kappa shape index (κ3) is 12.4. The minimum absolute atomic E-state index is 0.142. The van der Waals surface area contributed by atoms with Crippen molar-refractivity contribution in [1.82, 2.24) is 0 Å². The quantitative estimate of drug-likeness (QED) is 0.142. The number of hydrogen-bond acceptors (Lipinski definition) is 0. The molecule has 0 aromatic heterocycles. The molecule has 0 nitrogen and oxygen atoms in total. The van der Waals surface area contributed by atoms with Crippen molar-refractivity contribution in [3.8, 4) is 89.0 Å². The van der Waals surface area contributed by atoms with Crippen molar-refractivity contribution < 1.29 is 0 Å². The molecule has 0 spiro atoms. The first kappa shape index (κ1) is 63.5. The van der Waals surface area contributed by atoms with Crippen LogP contribution in [0.1, 0.15) is 211 Å². The van der Waals surface area contributed by atoms with Crippen molar-refractivity contribution in [3.05, 3.63) is 226 Å². The van der Waals surface area contributed by atoms with E-state index in [1.165, 1.54) is 134 Å². The highest BCUT2D eigenvalue weighted by Gasteiger charge is 2.35. The van der Waals surface area contributed by atoms with Crippen LogP contribution < -0.4 is 0 Å². The van der Waals surface area contributed by atoms with Gasteiger partial charge in [0.15, 0.2) is 0 Å². The van der Waals surface area contributed by atoms with Crippen LogP contribution in [0.3, 0.4) is 0 Å². The fourth-order valence-electron chi connectivity index (χ4n) is 13.6. The van der Waals surface area contributed by atoms with Gasteiger partial charge in [0.05, 0.1) is 0 Å². The van der Waals surface area contributed by atoms with Gasteiger partial charge in [0.1, 0.15) is 0 Å². The predicted octanol–water partition coefficient (Wildman–Crippen LogP) is 25.4. The highest BCUT2D eigenvalue weighted by Crippen LogP contribution is 2.55. The Morgan fingerprint density at radius 1 is 0.140 bits per heavy atom. The predicted molar refractivity (Wildman–Crippen MR) is 380 cm³/mol. The Labute approximate surface area is 522 Å². The topological polar surface area (TPSA) is 0 Å². The fourth-order valence-corrected chi connectivity index (χ4v) is 13.6. The van der Waals surface area contributed by atoms with Crippen LogP contribution in [0.15, 0.2) is 182 Å². The van der Waals surface area contributed by atoms with Gasteiger partial charge < -0.3 is 0 Å². The van der Waals surface area contributed by atoms with Crippen LogP contribution in [0.2, 0.25) is 0 Å². The maximum Gasteiger partial charge on any atom is -0.00923 e. The minimum Gasteiger partial charge on any atom is -0.0616 e. The lowest BCUT2D eigenvalue weighted by atomic mass is 9.71. The molecule has 0 amide bonds. The molecule has 0 fully saturated rings. The van der Waals surface area contributed by atoms with E-state index in [1.54, 1.807) is 0 Å². The molecule has 9 rings (SSSR count). The molecule has 0 heterocycles. The molecule has 0 unspecified atom stereocenters. The van der Waals surface area contributed by atoms with Gasteiger partial charge in [-0.05, 0) is 189 Å².